The average Bonchev–Trinajstić information content (AvgIpc) is 2.55. The van der Waals surface area contributed by atoms with Gasteiger partial charge in [0.1, 0.15) is 0 Å². The molecular formula is C18H28F3IN4. The normalized spacial score (nSPS) is 19.0. The molecular weight excluding hydrogens is 456 g/mol. The second kappa shape index (κ2) is 10.3. The number of likely N-dealkylation sites (tertiary alicyclic amines) is 1. The van der Waals surface area contributed by atoms with Crippen molar-refractivity contribution in [1.82, 2.24) is 15.1 Å². The van der Waals surface area contributed by atoms with E-state index in [1.54, 1.807) is 7.05 Å². The number of nitrogens with zero attached hydrogens (tertiary/aromatic N) is 3. The van der Waals surface area contributed by atoms with Crippen LogP contribution in [-0.2, 0) is 12.7 Å². The van der Waals surface area contributed by atoms with Crippen molar-refractivity contribution in [2.75, 3.05) is 40.8 Å². The van der Waals surface area contributed by atoms with E-state index in [1.165, 1.54) is 25.0 Å². The zero-order chi connectivity index (χ0) is 18.4. The largest absolute Gasteiger partial charge is 0.416 e. The highest BCUT2D eigenvalue weighted by molar-refractivity contribution is 14.0. The Labute approximate surface area is 170 Å². The summed E-state index contributed by atoms with van der Waals surface area (Å²) in [6, 6.07) is 5.28. The van der Waals surface area contributed by atoms with Crippen LogP contribution in [0.3, 0.4) is 0 Å². The Morgan fingerprint density at radius 1 is 1.31 bits per heavy atom. The van der Waals surface area contributed by atoms with Gasteiger partial charge in [-0.15, -0.1) is 24.0 Å². The van der Waals surface area contributed by atoms with Crippen LogP contribution in [0.5, 0.6) is 0 Å². The highest BCUT2D eigenvalue weighted by Crippen LogP contribution is 2.29. The molecule has 1 aromatic rings. The predicted octanol–water partition coefficient (Wildman–Crippen LogP) is 3.67. The molecule has 1 aliphatic rings. The maximum absolute atomic E-state index is 12.6. The number of alkyl halides is 3. The van der Waals surface area contributed by atoms with Crippen LogP contribution in [-0.4, -0.2) is 56.5 Å². The van der Waals surface area contributed by atoms with E-state index >= 15 is 0 Å². The molecule has 1 aromatic carbocycles. The number of halogens is 4. The minimum Gasteiger partial charge on any atom is -0.356 e. The Balaban J connectivity index is 0.00000338. The van der Waals surface area contributed by atoms with Crippen LogP contribution >= 0.6 is 24.0 Å². The van der Waals surface area contributed by atoms with Gasteiger partial charge in [-0.3, -0.25) is 4.99 Å². The summed E-state index contributed by atoms with van der Waals surface area (Å²) in [5, 5.41) is 3.38. The maximum Gasteiger partial charge on any atom is 0.416 e. The minimum absolute atomic E-state index is 0. The number of hydrogen-bond donors (Lipinski definition) is 1. The Bertz CT molecular complexity index is 575. The number of benzene rings is 1. The van der Waals surface area contributed by atoms with Gasteiger partial charge in [-0.05, 0) is 50.0 Å². The SMILES string of the molecule is CN=C(NCC1CCCN(C)C1)N(C)Cc1ccc(C(F)(F)F)cc1.I. The van der Waals surface area contributed by atoms with Gasteiger partial charge in [-0.25, -0.2) is 0 Å². The molecule has 8 heteroatoms. The average molecular weight is 484 g/mol. The highest BCUT2D eigenvalue weighted by atomic mass is 127. The quantitative estimate of drug-likeness (QED) is 0.402. The molecule has 0 saturated carbocycles. The summed E-state index contributed by atoms with van der Waals surface area (Å²) in [6.45, 7) is 3.59. The van der Waals surface area contributed by atoms with Gasteiger partial charge in [0.2, 0.25) is 0 Å². The van der Waals surface area contributed by atoms with Gasteiger partial charge in [-0.2, -0.15) is 13.2 Å². The lowest BCUT2D eigenvalue weighted by Crippen LogP contribution is -2.44. The molecule has 1 unspecified atom stereocenters. The van der Waals surface area contributed by atoms with Crippen LogP contribution in [0.1, 0.15) is 24.0 Å². The summed E-state index contributed by atoms with van der Waals surface area (Å²) in [6.07, 6.45) is -1.88. The van der Waals surface area contributed by atoms with Crippen LogP contribution in [0.2, 0.25) is 0 Å². The third-order valence-corrected chi connectivity index (χ3v) is 4.55. The number of piperidine rings is 1. The van der Waals surface area contributed by atoms with Crippen LogP contribution in [0.4, 0.5) is 13.2 Å². The number of aliphatic imine (C=N–C) groups is 1. The molecule has 0 aliphatic carbocycles. The molecule has 0 spiro atoms. The standard InChI is InChI=1S/C18H27F3N4.HI/c1-22-17(23-11-15-5-4-10-24(2)12-15)25(3)13-14-6-8-16(9-7-14)18(19,20)21;/h6-9,15H,4-5,10-13H2,1-3H3,(H,22,23);1H. The molecule has 0 bridgehead atoms. The molecule has 1 atom stereocenters. The first-order valence-corrected chi connectivity index (χ1v) is 8.56. The lowest BCUT2D eigenvalue weighted by molar-refractivity contribution is -0.137. The second-order valence-corrected chi connectivity index (χ2v) is 6.75. The maximum atomic E-state index is 12.6. The monoisotopic (exact) mass is 484 g/mol. The summed E-state index contributed by atoms with van der Waals surface area (Å²) < 4.78 is 37.9. The van der Waals surface area contributed by atoms with Crippen LogP contribution in [0.15, 0.2) is 29.3 Å². The van der Waals surface area contributed by atoms with Crippen molar-refractivity contribution in [1.29, 1.82) is 0 Å². The number of hydrogen-bond acceptors (Lipinski definition) is 2. The first kappa shape index (κ1) is 23.0. The van der Waals surface area contributed by atoms with Crippen molar-refractivity contribution in [3.8, 4) is 0 Å². The fourth-order valence-electron chi connectivity index (χ4n) is 3.21. The first-order valence-electron chi connectivity index (χ1n) is 8.56. The lowest BCUT2D eigenvalue weighted by atomic mass is 9.98. The summed E-state index contributed by atoms with van der Waals surface area (Å²) >= 11 is 0. The van der Waals surface area contributed by atoms with Crippen LogP contribution in [0, 0.1) is 5.92 Å². The van der Waals surface area contributed by atoms with Gasteiger partial charge in [0, 0.05) is 33.7 Å². The van der Waals surface area contributed by atoms with Crippen molar-refractivity contribution >= 4 is 29.9 Å². The predicted molar refractivity (Wildman–Crippen MR) is 110 cm³/mol. The number of nitrogens with one attached hydrogen (secondary N) is 1. The highest BCUT2D eigenvalue weighted by Gasteiger charge is 2.30. The van der Waals surface area contributed by atoms with E-state index < -0.39 is 11.7 Å². The van der Waals surface area contributed by atoms with Gasteiger partial charge in [0.25, 0.3) is 0 Å². The Morgan fingerprint density at radius 2 is 1.96 bits per heavy atom. The molecule has 148 valence electrons. The van der Waals surface area contributed by atoms with Gasteiger partial charge in [-0.1, -0.05) is 12.1 Å². The minimum atomic E-state index is -4.30. The van der Waals surface area contributed by atoms with E-state index in [2.05, 4.69) is 22.3 Å². The number of rotatable bonds is 4. The Hall–Kier alpha value is -1.03. The van der Waals surface area contributed by atoms with Crippen molar-refractivity contribution in [2.45, 2.75) is 25.6 Å². The third kappa shape index (κ3) is 6.94. The topological polar surface area (TPSA) is 30.9 Å². The fraction of sp³-hybridized carbons (Fsp3) is 0.611. The number of guanidine groups is 1. The van der Waals surface area contributed by atoms with E-state index in [-0.39, 0.29) is 24.0 Å². The van der Waals surface area contributed by atoms with E-state index in [0.717, 1.165) is 43.3 Å². The Morgan fingerprint density at radius 3 is 2.50 bits per heavy atom. The van der Waals surface area contributed by atoms with Crippen molar-refractivity contribution < 1.29 is 13.2 Å². The molecule has 1 fully saturated rings. The molecule has 1 saturated heterocycles. The summed E-state index contributed by atoms with van der Waals surface area (Å²) in [7, 11) is 5.75. The van der Waals surface area contributed by atoms with E-state index in [0.29, 0.717) is 12.5 Å². The van der Waals surface area contributed by atoms with Crippen molar-refractivity contribution in [3.63, 3.8) is 0 Å². The van der Waals surface area contributed by atoms with E-state index in [4.69, 9.17) is 0 Å². The molecule has 0 amide bonds. The Kier molecular flexibility index (Phi) is 9.15. The first-order chi connectivity index (χ1) is 11.8. The van der Waals surface area contributed by atoms with Gasteiger partial charge < -0.3 is 15.1 Å². The van der Waals surface area contributed by atoms with Gasteiger partial charge >= 0.3 is 6.18 Å². The fourth-order valence-corrected chi connectivity index (χ4v) is 3.21. The molecule has 1 heterocycles. The van der Waals surface area contributed by atoms with Gasteiger partial charge in [0.05, 0.1) is 5.56 Å². The van der Waals surface area contributed by atoms with Gasteiger partial charge in [0.15, 0.2) is 5.96 Å². The molecule has 26 heavy (non-hydrogen) atoms. The molecule has 1 N–H and O–H groups in total. The van der Waals surface area contributed by atoms with Crippen molar-refractivity contribution in [2.24, 2.45) is 10.9 Å². The lowest BCUT2D eigenvalue weighted by Gasteiger charge is -2.31. The second-order valence-electron chi connectivity index (χ2n) is 6.75. The molecule has 0 aromatic heterocycles. The zero-order valence-corrected chi connectivity index (χ0v) is 17.8. The molecule has 4 nitrogen and oxygen atoms in total. The van der Waals surface area contributed by atoms with E-state index in [1.807, 2.05) is 11.9 Å². The molecule has 1 aliphatic heterocycles. The smallest absolute Gasteiger partial charge is 0.356 e. The van der Waals surface area contributed by atoms with Crippen molar-refractivity contribution in [3.05, 3.63) is 35.4 Å². The molecule has 2 rings (SSSR count). The van der Waals surface area contributed by atoms with Crippen LogP contribution < -0.4 is 5.32 Å². The summed E-state index contributed by atoms with van der Waals surface area (Å²) in [5.74, 6) is 1.35. The third-order valence-electron chi connectivity index (χ3n) is 4.55. The zero-order valence-electron chi connectivity index (χ0n) is 15.5. The molecule has 0 radical (unpaired) electrons. The summed E-state index contributed by atoms with van der Waals surface area (Å²) in [5.41, 5.74) is 0.193. The van der Waals surface area contributed by atoms with Crippen LogP contribution in [0.25, 0.3) is 0 Å². The summed E-state index contributed by atoms with van der Waals surface area (Å²) in [4.78, 5) is 8.55. The van der Waals surface area contributed by atoms with E-state index in [9.17, 15) is 13.2 Å².